The lowest BCUT2D eigenvalue weighted by molar-refractivity contribution is 1.08. The molecule has 0 unspecified atom stereocenters. The topological polar surface area (TPSA) is 51.8 Å². The van der Waals surface area contributed by atoms with E-state index in [0.717, 1.165) is 16.6 Å². The zero-order valence-corrected chi connectivity index (χ0v) is 5.86. The molecular weight excluding hydrogens is 138 g/mol. The van der Waals surface area contributed by atoms with Crippen LogP contribution in [0.4, 0.5) is 5.69 Å². The lowest BCUT2D eigenvalue weighted by atomic mass is 10.2. The van der Waals surface area contributed by atoms with Crippen molar-refractivity contribution >= 4 is 16.6 Å². The number of anilines is 1. The molecule has 0 saturated carbocycles. The summed E-state index contributed by atoms with van der Waals surface area (Å²) in [7, 11) is 0. The third-order valence-corrected chi connectivity index (χ3v) is 1.54. The molecule has 2 rings (SSSR count). The van der Waals surface area contributed by atoms with Crippen LogP contribution >= 0.6 is 0 Å². The van der Waals surface area contributed by atoms with E-state index in [9.17, 15) is 0 Å². The molecule has 0 atom stereocenters. The summed E-state index contributed by atoms with van der Waals surface area (Å²) in [6, 6.07) is 7.49. The van der Waals surface area contributed by atoms with Crippen molar-refractivity contribution in [3.8, 4) is 0 Å². The first kappa shape index (κ1) is 6.09. The zero-order chi connectivity index (χ0) is 7.68. The largest absolute Gasteiger partial charge is 0.399 e. The van der Waals surface area contributed by atoms with Crippen LogP contribution in [0.5, 0.6) is 0 Å². The van der Waals surface area contributed by atoms with Gasteiger partial charge in [0.2, 0.25) is 0 Å². The Labute approximate surface area is 63.9 Å². The number of aromatic nitrogens is 2. The Morgan fingerprint density at radius 3 is 3.00 bits per heavy atom. The molecular formula is C8H7N3. The summed E-state index contributed by atoms with van der Waals surface area (Å²) < 4.78 is 0. The van der Waals surface area contributed by atoms with Crippen LogP contribution in [-0.2, 0) is 0 Å². The quantitative estimate of drug-likeness (QED) is 0.567. The van der Waals surface area contributed by atoms with Gasteiger partial charge < -0.3 is 5.73 Å². The van der Waals surface area contributed by atoms with Crippen molar-refractivity contribution in [2.24, 2.45) is 0 Å². The van der Waals surface area contributed by atoms with Gasteiger partial charge in [0.1, 0.15) is 0 Å². The summed E-state index contributed by atoms with van der Waals surface area (Å²) in [5, 5.41) is 8.72. The van der Waals surface area contributed by atoms with Crippen molar-refractivity contribution in [2.75, 3.05) is 5.73 Å². The second kappa shape index (κ2) is 2.20. The molecule has 1 aromatic carbocycles. The van der Waals surface area contributed by atoms with Crippen LogP contribution < -0.4 is 5.73 Å². The van der Waals surface area contributed by atoms with Crippen molar-refractivity contribution in [1.29, 1.82) is 0 Å². The number of nitrogen functional groups attached to an aromatic ring is 1. The van der Waals surface area contributed by atoms with Gasteiger partial charge >= 0.3 is 0 Å². The van der Waals surface area contributed by atoms with Crippen molar-refractivity contribution < 1.29 is 0 Å². The van der Waals surface area contributed by atoms with Crippen LogP contribution in [-0.4, -0.2) is 10.2 Å². The average Bonchev–Trinajstić information content (AvgIpc) is 2.04. The van der Waals surface area contributed by atoms with E-state index in [1.54, 1.807) is 6.20 Å². The summed E-state index contributed by atoms with van der Waals surface area (Å²) >= 11 is 0. The van der Waals surface area contributed by atoms with E-state index in [0.29, 0.717) is 0 Å². The van der Waals surface area contributed by atoms with E-state index in [4.69, 9.17) is 5.73 Å². The van der Waals surface area contributed by atoms with Gasteiger partial charge in [0.05, 0.1) is 11.7 Å². The van der Waals surface area contributed by atoms with Gasteiger partial charge in [-0.3, -0.25) is 0 Å². The van der Waals surface area contributed by atoms with Crippen LogP contribution in [0, 0.1) is 0 Å². The number of nitrogens with zero attached hydrogens (tertiary/aromatic N) is 2. The molecule has 3 heteroatoms. The Morgan fingerprint density at radius 2 is 2.09 bits per heavy atom. The molecule has 1 aromatic heterocycles. The second-order valence-electron chi connectivity index (χ2n) is 2.35. The lowest BCUT2D eigenvalue weighted by Gasteiger charge is -1.95. The maximum absolute atomic E-state index is 5.56. The molecule has 0 aliphatic carbocycles. The molecule has 0 amide bonds. The van der Waals surface area contributed by atoms with Crippen molar-refractivity contribution in [1.82, 2.24) is 10.2 Å². The molecule has 1 heterocycles. The number of fused-ring (bicyclic) bond motifs is 1. The van der Waals surface area contributed by atoms with Crippen molar-refractivity contribution in [2.45, 2.75) is 0 Å². The highest BCUT2D eigenvalue weighted by Gasteiger charge is 1.92. The molecule has 0 aliphatic rings. The van der Waals surface area contributed by atoms with Gasteiger partial charge in [0, 0.05) is 11.1 Å². The smallest absolute Gasteiger partial charge is 0.0950 e. The molecule has 2 aromatic rings. The van der Waals surface area contributed by atoms with Crippen molar-refractivity contribution in [3.63, 3.8) is 0 Å². The van der Waals surface area contributed by atoms with Crippen molar-refractivity contribution in [3.05, 3.63) is 30.5 Å². The lowest BCUT2D eigenvalue weighted by Crippen LogP contribution is -1.86. The van der Waals surface area contributed by atoms with Gasteiger partial charge in [-0.05, 0) is 18.2 Å². The Bertz CT molecular complexity index is 384. The van der Waals surface area contributed by atoms with Gasteiger partial charge in [-0.25, -0.2) is 0 Å². The highest BCUT2D eigenvalue weighted by Crippen LogP contribution is 2.12. The normalized spacial score (nSPS) is 10.2. The molecule has 0 spiro atoms. The zero-order valence-electron chi connectivity index (χ0n) is 5.86. The molecule has 11 heavy (non-hydrogen) atoms. The molecule has 0 bridgehead atoms. The highest BCUT2D eigenvalue weighted by molar-refractivity contribution is 5.80. The first-order valence-corrected chi connectivity index (χ1v) is 3.33. The average molecular weight is 145 g/mol. The van der Waals surface area contributed by atoms with Gasteiger partial charge in [-0.1, -0.05) is 6.07 Å². The van der Waals surface area contributed by atoms with E-state index < -0.39 is 0 Å². The van der Waals surface area contributed by atoms with E-state index in [1.165, 1.54) is 0 Å². The summed E-state index contributed by atoms with van der Waals surface area (Å²) in [5.74, 6) is 0. The van der Waals surface area contributed by atoms with Crippen LogP contribution in [0.3, 0.4) is 0 Å². The fourth-order valence-corrected chi connectivity index (χ4v) is 0.997. The predicted octanol–water partition coefficient (Wildman–Crippen LogP) is 1.21. The summed E-state index contributed by atoms with van der Waals surface area (Å²) in [6.45, 7) is 0. The van der Waals surface area contributed by atoms with E-state index in [2.05, 4.69) is 10.2 Å². The Kier molecular flexibility index (Phi) is 1.22. The van der Waals surface area contributed by atoms with E-state index >= 15 is 0 Å². The highest BCUT2D eigenvalue weighted by atomic mass is 15.1. The minimum absolute atomic E-state index is 0.720. The molecule has 0 saturated heterocycles. The third kappa shape index (κ3) is 1.00. The molecule has 0 aliphatic heterocycles. The number of nitrogens with two attached hydrogens (primary N) is 1. The fourth-order valence-electron chi connectivity index (χ4n) is 0.997. The number of hydrogen-bond acceptors (Lipinski definition) is 3. The maximum atomic E-state index is 5.56. The van der Waals surface area contributed by atoms with Crippen LogP contribution in [0.2, 0.25) is 0 Å². The summed E-state index contributed by atoms with van der Waals surface area (Å²) in [4.78, 5) is 0. The van der Waals surface area contributed by atoms with Crippen LogP contribution in [0.25, 0.3) is 10.9 Å². The number of benzene rings is 1. The Hall–Kier alpha value is -1.64. The first-order valence-electron chi connectivity index (χ1n) is 3.33. The summed E-state index contributed by atoms with van der Waals surface area (Å²) in [5.41, 5.74) is 7.12. The van der Waals surface area contributed by atoms with Gasteiger partial charge in [-0.15, -0.1) is 0 Å². The Balaban J connectivity index is 2.83. The summed E-state index contributed by atoms with van der Waals surface area (Å²) in [6.07, 6.45) is 1.67. The predicted molar refractivity (Wildman–Crippen MR) is 44.0 cm³/mol. The van der Waals surface area contributed by atoms with Gasteiger partial charge in [0.15, 0.2) is 0 Å². The standard InChI is InChI=1S/C8H7N3/c9-7-2-1-6-3-4-10-11-8(6)5-7/h1-5H,9H2. The maximum Gasteiger partial charge on any atom is 0.0950 e. The second-order valence-corrected chi connectivity index (χ2v) is 2.35. The SMILES string of the molecule is Nc1ccc2ccnnc2c1. The van der Waals surface area contributed by atoms with Crippen LogP contribution in [0.15, 0.2) is 30.5 Å². The van der Waals surface area contributed by atoms with E-state index in [-0.39, 0.29) is 0 Å². The van der Waals surface area contributed by atoms with Gasteiger partial charge in [-0.2, -0.15) is 10.2 Å². The number of hydrogen-bond donors (Lipinski definition) is 1. The van der Waals surface area contributed by atoms with E-state index in [1.807, 2.05) is 24.3 Å². The minimum Gasteiger partial charge on any atom is -0.399 e. The molecule has 0 fully saturated rings. The Morgan fingerprint density at radius 1 is 1.18 bits per heavy atom. The molecule has 0 radical (unpaired) electrons. The van der Waals surface area contributed by atoms with Crippen LogP contribution in [0.1, 0.15) is 0 Å². The van der Waals surface area contributed by atoms with Gasteiger partial charge in [0.25, 0.3) is 0 Å². The monoisotopic (exact) mass is 145 g/mol. The fraction of sp³-hybridized carbons (Fsp3) is 0. The first-order chi connectivity index (χ1) is 5.36. The minimum atomic E-state index is 0.720. The molecule has 2 N–H and O–H groups in total. The third-order valence-electron chi connectivity index (χ3n) is 1.54. The molecule has 54 valence electrons. The number of rotatable bonds is 0. The molecule has 3 nitrogen and oxygen atoms in total.